The molecule has 0 fully saturated rings. The van der Waals surface area contributed by atoms with E-state index in [1.165, 1.54) is 24.1 Å². The molecule has 1 aliphatic heterocycles. The molecule has 2 rings (SSSR count). The summed E-state index contributed by atoms with van der Waals surface area (Å²) in [6.07, 6.45) is 1.65. The van der Waals surface area contributed by atoms with Gasteiger partial charge in [-0.3, -0.25) is 5.32 Å². The zero-order valence-corrected chi connectivity index (χ0v) is 12.6. The first-order valence-corrected chi connectivity index (χ1v) is 7.19. The molecular formula is C12H15BrFN3S. The molecule has 1 atom stereocenters. The van der Waals surface area contributed by atoms with Crippen LogP contribution in [0.1, 0.15) is 19.4 Å². The SMILES string of the molecule is CC(C)(CNC1(Br)N=CNS1)c1ccc(F)cc1. The average molecular weight is 332 g/mol. The molecule has 1 aromatic carbocycles. The van der Waals surface area contributed by atoms with Crippen molar-refractivity contribution < 1.29 is 4.39 Å². The summed E-state index contributed by atoms with van der Waals surface area (Å²) in [5.41, 5.74) is 0.986. The van der Waals surface area contributed by atoms with E-state index in [0.29, 0.717) is 0 Å². The van der Waals surface area contributed by atoms with Gasteiger partial charge in [-0.1, -0.05) is 26.0 Å². The molecule has 18 heavy (non-hydrogen) atoms. The zero-order chi connectivity index (χ0) is 13.2. The van der Waals surface area contributed by atoms with Crippen LogP contribution in [-0.2, 0) is 5.41 Å². The number of alkyl halides is 1. The second-order valence-corrected chi connectivity index (χ2v) is 7.49. The summed E-state index contributed by atoms with van der Waals surface area (Å²) >= 11 is 4.97. The van der Waals surface area contributed by atoms with Crippen molar-refractivity contribution in [1.82, 2.24) is 10.0 Å². The number of halogens is 2. The molecule has 0 spiro atoms. The van der Waals surface area contributed by atoms with Gasteiger partial charge in [-0.2, -0.15) is 0 Å². The van der Waals surface area contributed by atoms with E-state index in [2.05, 4.69) is 44.8 Å². The Labute approximate surface area is 119 Å². The maximum Gasteiger partial charge on any atom is 0.234 e. The van der Waals surface area contributed by atoms with Gasteiger partial charge in [-0.15, -0.1) is 0 Å². The monoisotopic (exact) mass is 331 g/mol. The number of rotatable bonds is 4. The van der Waals surface area contributed by atoms with Crippen LogP contribution < -0.4 is 10.0 Å². The molecule has 2 N–H and O–H groups in total. The fourth-order valence-electron chi connectivity index (χ4n) is 1.66. The van der Waals surface area contributed by atoms with Crippen LogP contribution in [0.3, 0.4) is 0 Å². The number of hydrogen-bond donors (Lipinski definition) is 2. The molecule has 1 aliphatic rings. The average Bonchev–Trinajstić information content (AvgIpc) is 2.75. The highest BCUT2D eigenvalue weighted by molar-refractivity contribution is 9.11. The Hall–Kier alpha value is -0.590. The molecule has 0 aromatic heterocycles. The molecule has 1 heterocycles. The van der Waals surface area contributed by atoms with Crippen LogP contribution in [0.25, 0.3) is 0 Å². The van der Waals surface area contributed by atoms with Crippen molar-refractivity contribution in [2.75, 3.05) is 6.54 Å². The summed E-state index contributed by atoms with van der Waals surface area (Å²) in [5.74, 6) is -0.209. The summed E-state index contributed by atoms with van der Waals surface area (Å²) in [6.45, 7) is 4.94. The number of nitrogens with one attached hydrogen (secondary N) is 2. The molecule has 1 unspecified atom stereocenters. The van der Waals surface area contributed by atoms with Crippen LogP contribution in [-0.4, -0.2) is 16.8 Å². The van der Waals surface area contributed by atoms with E-state index in [1.54, 1.807) is 6.34 Å². The van der Waals surface area contributed by atoms with Crippen LogP contribution in [0.5, 0.6) is 0 Å². The molecule has 0 saturated carbocycles. The lowest BCUT2D eigenvalue weighted by molar-refractivity contribution is 0.457. The van der Waals surface area contributed by atoms with Crippen LogP contribution in [0.4, 0.5) is 4.39 Å². The number of hydrogen-bond acceptors (Lipinski definition) is 4. The molecule has 3 nitrogen and oxygen atoms in total. The van der Waals surface area contributed by atoms with Crippen molar-refractivity contribution in [3.63, 3.8) is 0 Å². The Morgan fingerprint density at radius 3 is 2.67 bits per heavy atom. The first kappa shape index (κ1) is 13.8. The van der Waals surface area contributed by atoms with Crippen molar-refractivity contribution in [3.05, 3.63) is 35.6 Å². The highest BCUT2D eigenvalue weighted by atomic mass is 79.9. The largest absolute Gasteiger partial charge is 0.317 e. The van der Waals surface area contributed by atoms with Gasteiger partial charge in [0.25, 0.3) is 0 Å². The Bertz CT molecular complexity index is 449. The Balaban J connectivity index is 2.03. The molecular weight excluding hydrogens is 317 g/mol. The van der Waals surface area contributed by atoms with Crippen LogP contribution in [0, 0.1) is 5.82 Å². The summed E-state index contributed by atoms with van der Waals surface area (Å²) < 4.78 is 15.4. The minimum Gasteiger partial charge on any atom is -0.317 e. The second-order valence-electron chi connectivity index (χ2n) is 4.78. The lowest BCUT2D eigenvalue weighted by Gasteiger charge is -2.29. The van der Waals surface area contributed by atoms with Gasteiger partial charge in [0.05, 0.1) is 6.34 Å². The van der Waals surface area contributed by atoms with E-state index in [0.717, 1.165) is 12.1 Å². The summed E-state index contributed by atoms with van der Waals surface area (Å²) in [7, 11) is 0. The number of benzene rings is 1. The van der Waals surface area contributed by atoms with Crippen LogP contribution in [0.2, 0.25) is 0 Å². The second kappa shape index (κ2) is 5.19. The maximum absolute atomic E-state index is 12.9. The fraction of sp³-hybridized carbons (Fsp3) is 0.417. The van der Waals surface area contributed by atoms with E-state index in [-0.39, 0.29) is 11.2 Å². The van der Waals surface area contributed by atoms with Gasteiger partial charge in [0, 0.05) is 23.9 Å². The Morgan fingerprint density at radius 1 is 1.44 bits per heavy atom. The first-order valence-electron chi connectivity index (χ1n) is 5.59. The molecule has 0 amide bonds. The molecule has 0 aliphatic carbocycles. The highest BCUT2D eigenvalue weighted by Crippen LogP contribution is 2.32. The third-order valence-corrected chi connectivity index (χ3v) is 4.57. The topological polar surface area (TPSA) is 36.4 Å². The summed E-state index contributed by atoms with van der Waals surface area (Å²) in [5, 5.41) is 3.34. The lowest BCUT2D eigenvalue weighted by Crippen LogP contribution is -2.41. The van der Waals surface area contributed by atoms with E-state index < -0.39 is 3.90 Å². The van der Waals surface area contributed by atoms with Crippen molar-refractivity contribution in [2.24, 2.45) is 4.99 Å². The van der Waals surface area contributed by atoms with Gasteiger partial charge in [0.2, 0.25) is 3.90 Å². The van der Waals surface area contributed by atoms with Crippen molar-refractivity contribution in [2.45, 2.75) is 23.2 Å². The zero-order valence-electron chi connectivity index (χ0n) is 10.2. The van der Waals surface area contributed by atoms with Crippen LogP contribution in [0.15, 0.2) is 29.3 Å². The number of nitrogens with zero attached hydrogens (tertiary/aromatic N) is 1. The lowest BCUT2D eigenvalue weighted by atomic mass is 9.84. The summed E-state index contributed by atoms with van der Waals surface area (Å²) in [4.78, 5) is 4.25. The van der Waals surface area contributed by atoms with Gasteiger partial charge in [0.15, 0.2) is 0 Å². The standard InChI is InChI=1S/C12H15BrFN3S/c1-11(2,9-3-5-10(14)6-4-9)7-15-12(13)16-8-17-18-12/h3-6,8,15H,7H2,1-2H3,(H,16,17). The van der Waals surface area contributed by atoms with Crippen molar-refractivity contribution in [3.8, 4) is 0 Å². The van der Waals surface area contributed by atoms with Gasteiger partial charge in [0.1, 0.15) is 5.82 Å². The molecule has 1 aromatic rings. The molecule has 98 valence electrons. The maximum atomic E-state index is 12.9. The minimum absolute atomic E-state index is 0.104. The third kappa shape index (κ3) is 3.24. The fourth-order valence-corrected chi connectivity index (χ4v) is 2.69. The molecule has 6 heteroatoms. The van der Waals surface area contributed by atoms with E-state index in [4.69, 9.17) is 0 Å². The molecule has 0 radical (unpaired) electrons. The van der Waals surface area contributed by atoms with Gasteiger partial charge >= 0.3 is 0 Å². The Kier molecular flexibility index (Phi) is 3.99. The molecule has 0 saturated heterocycles. The smallest absolute Gasteiger partial charge is 0.234 e. The predicted octanol–water partition coefficient (Wildman–Crippen LogP) is 2.98. The van der Waals surface area contributed by atoms with E-state index >= 15 is 0 Å². The molecule has 0 bridgehead atoms. The van der Waals surface area contributed by atoms with E-state index in [1.807, 2.05) is 12.1 Å². The van der Waals surface area contributed by atoms with Crippen LogP contribution >= 0.6 is 27.9 Å². The number of aliphatic imine (C=N–C) groups is 1. The Morgan fingerprint density at radius 2 is 2.11 bits per heavy atom. The minimum atomic E-state index is -0.510. The normalized spacial score (nSPS) is 23.1. The predicted molar refractivity (Wildman–Crippen MR) is 78.3 cm³/mol. The van der Waals surface area contributed by atoms with E-state index in [9.17, 15) is 4.39 Å². The quantitative estimate of drug-likeness (QED) is 0.506. The van der Waals surface area contributed by atoms with Crippen molar-refractivity contribution in [1.29, 1.82) is 0 Å². The van der Waals surface area contributed by atoms with Gasteiger partial charge in [-0.05, 0) is 33.6 Å². The third-order valence-electron chi connectivity index (χ3n) is 2.85. The van der Waals surface area contributed by atoms with Gasteiger partial charge in [-0.25, -0.2) is 9.38 Å². The van der Waals surface area contributed by atoms with Crippen molar-refractivity contribution >= 4 is 34.2 Å². The highest BCUT2D eigenvalue weighted by Gasteiger charge is 2.32. The summed E-state index contributed by atoms with van der Waals surface area (Å²) in [6, 6.07) is 6.62. The van der Waals surface area contributed by atoms with Gasteiger partial charge < -0.3 is 4.72 Å². The first-order chi connectivity index (χ1) is 8.41.